The fourth-order valence-corrected chi connectivity index (χ4v) is 4.19. The first-order chi connectivity index (χ1) is 11.2. The van der Waals surface area contributed by atoms with Crippen molar-refractivity contribution in [2.75, 3.05) is 26.0 Å². The molecule has 1 fully saturated rings. The number of aromatic carboxylic acids is 1. The van der Waals surface area contributed by atoms with Gasteiger partial charge in [0.25, 0.3) is 0 Å². The number of fused-ring (bicyclic) bond motifs is 1. The smallest absolute Gasteiger partial charge is 0.335 e. The molecule has 1 unspecified atom stereocenters. The lowest BCUT2D eigenvalue weighted by molar-refractivity contribution is 0.0697. The number of thioether (sulfide) groups is 1. The Morgan fingerprint density at radius 1 is 1.35 bits per heavy atom. The van der Waals surface area contributed by atoms with Crippen LogP contribution in [0.4, 0.5) is 0 Å². The van der Waals surface area contributed by atoms with Crippen molar-refractivity contribution in [2.45, 2.75) is 13.0 Å². The zero-order chi connectivity index (χ0) is 16.2. The Morgan fingerprint density at radius 2 is 2.13 bits per heavy atom. The predicted molar refractivity (Wildman–Crippen MR) is 92.4 cm³/mol. The summed E-state index contributed by atoms with van der Waals surface area (Å²) >= 11 is 1.94. The highest BCUT2D eigenvalue weighted by Crippen LogP contribution is 2.36. The number of hydrogen-bond donors (Lipinski definition) is 1. The monoisotopic (exact) mass is 331 g/mol. The molecule has 4 nitrogen and oxygen atoms in total. The molecule has 0 saturated carbocycles. The zero-order valence-electron chi connectivity index (χ0n) is 13.2. The second-order valence-electron chi connectivity index (χ2n) is 5.89. The number of methoxy groups -OCH3 is 1. The molecule has 1 heterocycles. The Labute approximate surface area is 140 Å². The minimum absolute atomic E-state index is 0.340. The molecule has 1 atom stereocenters. The molecule has 1 aromatic carbocycles. The molecular formula is C18H21NO3S. The molecule has 1 N–H and O–H groups in total. The summed E-state index contributed by atoms with van der Waals surface area (Å²) in [5.74, 6) is 1.76. The molecule has 0 bridgehead atoms. The Morgan fingerprint density at radius 3 is 2.83 bits per heavy atom. The lowest BCUT2D eigenvalue weighted by Gasteiger charge is -2.26. The normalized spacial score (nSPS) is 21.7. The fraction of sp³-hybridized carbons (Fsp3) is 0.389. The Balaban J connectivity index is 1.66. The average molecular weight is 331 g/mol. The molecule has 122 valence electrons. The van der Waals surface area contributed by atoms with Crippen molar-refractivity contribution in [3.05, 3.63) is 58.2 Å². The van der Waals surface area contributed by atoms with E-state index in [9.17, 15) is 4.79 Å². The number of rotatable bonds is 4. The number of benzene rings is 1. The second-order valence-corrected chi connectivity index (χ2v) is 7.06. The van der Waals surface area contributed by atoms with Crippen LogP contribution >= 0.6 is 11.8 Å². The third-order valence-electron chi connectivity index (χ3n) is 4.31. The van der Waals surface area contributed by atoms with E-state index in [1.807, 2.05) is 23.9 Å². The van der Waals surface area contributed by atoms with Crippen LogP contribution in [0.15, 0.2) is 47.1 Å². The molecule has 5 heteroatoms. The van der Waals surface area contributed by atoms with Gasteiger partial charge in [-0.2, -0.15) is 0 Å². The Bertz CT molecular complexity index is 636. The number of nitrogens with zero attached hydrogens (tertiary/aromatic N) is 1. The van der Waals surface area contributed by atoms with Gasteiger partial charge in [0, 0.05) is 37.7 Å². The summed E-state index contributed by atoms with van der Waals surface area (Å²) in [4.78, 5) is 14.8. The average Bonchev–Trinajstić information content (AvgIpc) is 2.76. The van der Waals surface area contributed by atoms with E-state index in [4.69, 9.17) is 9.84 Å². The van der Waals surface area contributed by atoms with E-state index < -0.39 is 5.97 Å². The van der Waals surface area contributed by atoms with Gasteiger partial charge in [-0.15, -0.1) is 11.8 Å². The molecule has 1 saturated heterocycles. The van der Waals surface area contributed by atoms with E-state index in [2.05, 4.69) is 17.1 Å². The molecule has 3 rings (SSSR count). The molecule has 1 aliphatic heterocycles. The largest absolute Gasteiger partial charge is 0.501 e. The molecule has 0 amide bonds. The van der Waals surface area contributed by atoms with Crippen molar-refractivity contribution in [3.63, 3.8) is 0 Å². The van der Waals surface area contributed by atoms with Gasteiger partial charge in [0.1, 0.15) is 0 Å². The van der Waals surface area contributed by atoms with E-state index in [1.165, 1.54) is 4.91 Å². The van der Waals surface area contributed by atoms with E-state index >= 15 is 0 Å². The quantitative estimate of drug-likeness (QED) is 0.917. The highest BCUT2D eigenvalue weighted by atomic mass is 32.2. The van der Waals surface area contributed by atoms with Crippen molar-refractivity contribution in [2.24, 2.45) is 5.92 Å². The standard InChI is InChI=1S/C18H21NO3S/c1-22-16-6-7-17-15(10-16)12-19(8-9-23-17)11-13-2-4-14(5-3-13)18(20)21/h2-7,15H,8-12H2,1H3,(H,20,21). The highest BCUT2D eigenvalue weighted by Gasteiger charge is 2.26. The van der Waals surface area contributed by atoms with Crippen molar-refractivity contribution >= 4 is 17.7 Å². The summed E-state index contributed by atoms with van der Waals surface area (Å²) in [7, 11) is 1.73. The predicted octanol–water partition coefficient (Wildman–Crippen LogP) is 3.37. The van der Waals surface area contributed by atoms with Gasteiger partial charge in [-0.3, -0.25) is 4.90 Å². The Kier molecular flexibility index (Phi) is 5.08. The number of hydrogen-bond acceptors (Lipinski definition) is 4. The van der Waals surface area contributed by atoms with Gasteiger partial charge in [0.15, 0.2) is 0 Å². The van der Waals surface area contributed by atoms with Crippen LogP contribution in [0.5, 0.6) is 0 Å². The third-order valence-corrected chi connectivity index (χ3v) is 5.50. The molecule has 0 radical (unpaired) electrons. The molecule has 1 aromatic rings. The first-order valence-electron chi connectivity index (χ1n) is 7.78. The van der Waals surface area contributed by atoms with Crippen LogP contribution < -0.4 is 0 Å². The lowest BCUT2D eigenvalue weighted by atomic mass is 9.98. The van der Waals surface area contributed by atoms with Gasteiger partial charge in [-0.1, -0.05) is 12.1 Å². The number of carbonyl (C=O) groups is 1. The van der Waals surface area contributed by atoms with Gasteiger partial charge in [0.05, 0.1) is 18.4 Å². The first kappa shape index (κ1) is 16.1. The molecule has 23 heavy (non-hydrogen) atoms. The number of allylic oxidation sites excluding steroid dienone is 3. The lowest BCUT2D eigenvalue weighted by Crippen LogP contribution is -2.30. The van der Waals surface area contributed by atoms with E-state index in [1.54, 1.807) is 19.2 Å². The molecule has 2 aliphatic rings. The van der Waals surface area contributed by atoms with Gasteiger partial charge in [-0.25, -0.2) is 4.79 Å². The van der Waals surface area contributed by atoms with Crippen LogP contribution in [-0.2, 0) is 11.3 Å². The molecule has 0 aromatic heterocycles. The first-order valence-corrected chi connectivity index (χ1v) is 8.76. The fourth-order valence-electron chi connectivity index (χ4n) is 3.04. The van der Waals surface area contributed by atoms with Crippen molar-refractivity contribution in [3.8, 4) is 0 Å². The van der Waals surface area contributed by atoms with E-state index in [0.29, 0.717) is 11.5 Å². The van der Waals surface area contributed by atoms with Crippen molar-refractivity contribution < 1.29 is 14.6 Å². The summed E-state index contributed by atoms with van der Waals surface area (Å²) in [5, 5.41) is 8.98. The summed E-state index contributed by atoms with van der Waals surface area (Å²) in [6.07, 6.45) is 5.24. The van der Waals surface area contributed by atoms with Gasteiger partial charge >= 0.3 is 5.97 Å². The minimum atomic E-state index is -0.876. The van der Waals surface area contributed by atoms with Gasteiger partial charge in [0.2, 0.25) is 0 Å². The summed E-state index contributed by atoms with van der Waals surface area (Å²) in [6.45, 7) is 2.91. The van der Waals surface area contributed by atoms with Crippen molar-refractivity contribution in [1.29, 1.82) is 0 Å². The van der Waals surface area contributed by atoms with Gasteiger partial charge < -0.3 is 9.84 Å². The van der Waals surface area contributed by atoms with E-state index in [-0.39, 0.29) is 0 Å². The maximum Gasteiger partial charge on any atom is 0.335 e. The zero-order valence-corrected chi connectivity index (χ0v) is 14.0. The van der Waals surface area contributed by atoms with Crippen LogP contribution in [0.1, 0.15) is 22.3 Å². The van der Waals surface area contributed by atoms with Crippen LogP contribution in [0.2, 0.25) is 0 Å². The maximum atomic E-state index is 10.9. The van der Waals surface area contributed by atoms with Crippen LogP contribution in [0.3, 0.4) is 0 Å². The van der Waals surface area contributed by atoms with Crippen LogP contribution in [-0.4, -0.2) is 41.9 Å². The second kappa shape index (κ2) is 7.23. The van der Waals surface area contributed by atoms with Crippen LogP contribution in [0, 0.1) is 5.92 Å². The van der Waals surface area contributed by atoms with E-state index in [0.717, 1.165) is 43.1 Å². The highest BCUT2D eigenvalue weighted by molar-refractivity contribution is 8.03. The third kappa shape index (κ3) is 3.98. The maximum absolute atomic E-state index is 10.9. The molecule has 1 aliphatic carbocycles. The number of carboxylic acid groups (broad SMARTS) is 1. The molecule has 0 spiro atoms. The SMILES string of the molecule is COC1=CC=C2SCCN(Cc3ccc(C(=O)O)cc3)CC2C1. The summed E-state index contributed by atoms with van der Waals surface area (Å²) in [5.41, 5.74) is 1.50. The van der Waals surface area contributed by atoms with Gasteiger partial charge in [-0.05, 0) is 34.8 Å². The summed E-state index contributed by atoms with van der Waals surface area (Å²) < 4.78 is 5.40. The number of ether oxygens (including phenoxy) is 1. The van der Waals surface area contributed by atoms with Crippen molar-refractivity contribution in [1.82, 2.24) is 4.90 Å². The molecular weight excluding hydrogens is 310 g/mol. The topological polar surface area (TPSA) is 49.8 Å². The summed E-state index contributed by atoms with van der Waals surface area (Å²) in [6, 6.07) is 7.20. The van der Waals surface area contributed by atoms with Crippen LogP contribution in [0.25, 0.3) is 0 Å². The minimum Gasteiger partial charge on any atom is -0.501 e. The number of carboxylic acids is 1. The Hall–Kier alpha value is -1.72.